The van der Waals surface area contributed by atoms with Crippen LogP contribution in [0.5, 0.6) is 0 Å². The summed E-state index contributed by atoms with van der Waals surface area (Å²) in [6, 6.07) is 17.8. The SMILES string of the molecule is CC[C@@H]1S/C(=N/N=C(/C)c2ccccc2)N(c2ccc(C)cc2)C1=O. The zero-order valence-corrected chi connectivity index (χ0v) is 15.5. The van der Waals surface area contributed by atoms with Gasteiger partial charge < -0.3 is 0 Å². The van der Waals surface area contributed by atoms with E-state index in [0.717, 1.165) is 28.9 Å². The Morgan fingerprint density at radius 1 is 1.12 bits per heavy atom. The second-order valence-electron chi connectivity index (χ2n) is 5.96. The van der Waals surface area contributed by atoms with E-state index in [1.54, 1.807) is 4.90 Å². The Morgan fingerprint density at radius 3 is 2.44 bits per heavy atom. The minimum atomic E-state index is -0.104. The van der Waals surface area contributed by atoms with Crippen LogP contribution in [0, 0.1) is 6.92 Å². The number of nitrogens with zero attached hydrogens (tertiary/aromatic N) is 3. The first kappa shape index (κ1) is 17.4. The minimum Gasteiger partial charge on any atom is -0.273 e. The maximum atomic E-state index is 12.7. The van der Waals surface area contributed by atoms with Crippen LogP contribution in [0.3, 0.4) is 0 Å². The van der Waals surface area contributed by atoms with Gasteiger partial charge >= 0.3 is 0 Å². The number of carbonyl (C=O) groups is 1. The molecule has 0 saturated carbocycles. The van der Waals surface area contributed by atoms with Crippen molar-refractivity contribution in [2.24, 2.45) is 10.2 Å². The molecule has 128 valence electrons. The van der Waals surface area contributed by atoms with E-state index < -0.39 is 0 Å². The quantitative estimate of drug-likeness (QED) is 0.595. The number of benzene rings is 2. The van der Waals surface area contributed by atoms with Crippen LogP contribution in [-0.2, 0) is 4.79 Å². The highest BCUT2D eigenvalue weighted by atomic mass is 32.2. The lowest BCUT2D eigenvalue weighted by Gasteiger charge is -2.16. The lowest BCUT2D eigenvalue weighted by molar-refractivity contribution is -0.116. The molecule has 25 heavy (non-hydrogen) atoms. The van der Waals surface area contributed by atoms with Crippen LogP contribution in [0.1, 0.15) is 31.4 Å². The van der Waals surface area contributed by atoms with Gasteiger partial charge in [-0.05, 0) is 38.0 Å². The number of amides is 1. The van der Waals surface area contributed by atoms with Gasteiger partial charge in [0, 0.05) is 0 Å². The third kappa shape index (κ3) is 3.82. The highest BCUT2D eigenvalue weighted by molar-refractivity contribution is 8.16. The van der Waals surface area contributed by atoms with Gasteiger partial charge in [-0.15, -0.1) is 5.10 Å². The summed E-state index contributed by atoms with van der Waals surface area (Å²) in [7, 11) is 0. The molecule has 1 amide bonds. The van der Waals surface area contributed by atoms with Gasteiger partial charge in [0.2, 0.25) is 5.91 Å². The summed E-state index contributed by atoms with van der Waals surface area (Å²) >= 11 is 1.48. The summed E-state index contributed by atoms with van der Waals surface area (Å²) in [5, 5.41) is 9.29. The highest BCUT2D eigenvalue weighted by Crippen LogP contribution is 2.33. The van der Waals surface area contributed by atoms with Crippen molar-refractivity contribution in [3.63, 3.8) is 0 Å². The molecule has 0 aliphatic carbocycles. The molecule has 0 aromatic heterocycles. The summed E-state index contributed by atoms with van der Waals surface area (Å²) in [6.45, 7) is 5.97. The molecular formula is C20H21N3OS. The number of anilines is 1. The van der Waals surface area contributed by atoms with Crippen molar-refractivity contribution in [2.45, 2.75) is 32.4 Å². The topological polar surface area (TPSA) is 45.0 Å². The van der Waals surface area contributed by atoms with Crippen molar-refractivity contribution in [3.05, 3.63) is 65.7 Å². The predicted molar refractivity (Wildman–Crippen MR) is 106 cm³/mol. The van der Waals surface area contributed by atoms with E-state index in [0.29, 0.717) is 5.17 Å². The second kappa shape index (κ2) is 7.66. The third-order valence-corrected chi connectivity index (χ3v) is 5.37. The number of rotatable bonds is 4. The fourth-order valence-electron chi connectivity index (χ4n) is 2.58. The fourth-order valence-corrected chi connectivity index (χ4v) is 3.60. The molecule has 1 aliphatic rings. The van der Waals surface area contributed by atoms with Gasteiger partial charge in [0.25, 0.3) is 0 Å². The summed E-state index contributed by atoms with van der Waals surface area (Å²) < 4.78 is 0. The maximum Gasteiger partial charge on any atom is 0.246 e. The van der Waals surface area contributed by atoms with Crippen LogP contribution in [0.2, 0.25) is 0 Å². The molecule has 1 saturated heterocycles. The monoisotopic (exact) mass is 351 g/mol. The van der Waals surface area contributed by atoms with E-state index in [1.807, 2.05) is 75.4 Å². The van der Waals surface area contributed by atoms with E-state index >= 15 is 0 Å². The smallest absolute Gasteiger partial charge is 0.246 e. The van der Waals surface area contributed by atoms with Gasteiger partial charge in [0.1, 0.15) is 0 Å². The molecule has 0 radical (unpaired) electrons. The van der Waals surface area contributed by atoms with Gasteiger partial charge in [-0.2, -0.15) is 5.10 Å². The molecular weight excluding hydrogens is 330 g/mol. The summed E-state index contributed by atoms with van der Waals surface area (Å²) in [5.41, 5.74) is 3.84. The molecule has 0 unspecified atom stereocenters. The Kier molecular flexibility index (Phi) is 5.34. The van der Waals surface area contributed by atoms with Crippen LogP contribution in [0.15, 0.2) is 64.8 Å². The fraction of sp³-hybridized carbons (Fsp3) is 0.250. The van der Waals surface area contributed by atoms with Gasteiger partial charge in [-0.1, -0.05) is 66.7 Å². The molecule has 0 N–H and O–H groups in total. The molecule has 4 nitrogen and oxygen atoms in total. The van der Waals surface area contributed by atoms with Crippen LogP contribution in [0.25, 0.3) is 0 Å². The van der Waals surface area contributed by atoms with E-state index in [-0.39, 0.29) is 11.2 Å². The Bertz CT molecular complexity index is 813. The van der Waals surface area contributed by atoms with Gasteiger partial charge in [0.15, 0.2) is 5.17 Å². The van der Waals surface area contributed by atoms with Crippen LogP contribution in [-0.4, -0.2) is 22.0 Å². The first-order valence-electron chi connectivity index (χ1n) is 8.35. The number of aryl methyl sites for hydroxylation is 1. The Balaban J connectivity index is 1.94. The number of thioether (sulfide) groups is 1. The number of amidine groups is 1. The first-order valence-corrected chi connectivity index (χ1v) is 9.23. The van der Waals surface area contributed by atoms with Crippen molar-refractivity contribution < 1.29 is 4.79 Å². The first-order chi connectivity index (χ1) is 12.1. The Labute approximate surface area is 152 Å². The molecule has 3 rings (SSSR count). The molecule has 2 aromatic rings. The summed E-state index contributed by atoms with van der Waals surface area (Å²) in [4.78, 5) is 14.4. The average Bonchev–Trinajstić information content (AvgIpc) is 2.97. The van der Waals surface area contributed by atoms with Gasteiger partial charge in [0.05, 0.1) is 16.6 Å². The molecule has 1 aliphatic heterocycles. The van der Waals surface area contributed by atoms with Crippen LogP contribution in [0.4, 0.5) is 5.69 Å². The highest BCUT2D eigenvalue weighted by Gasteiger charge is 2.38. The lowest BCUT2D eigenvalue weighted by Crippen LogP contribution is -2.31. The molecule has 0 spiro atoms. The van der Waals surface area contributed by atoms with Crippen molar-refractivity contribution in [3.8, 4) is 0 Å². The standard InChI is InChI=1S/C20H21N3OS/c1-4-18-19(24)23(17-12-10-14(2)11-13-17)20(25-18)22-21-15(3)16-8-6-5-7-9-16/h5-13,18H,4H2,1-3H3/b21-15-,22-20+/t18-/m0/s1. The minimum absolute atomic E-state index is 0.0719. The van der Waals surface area contributed by atoms with Crippen LogP contribution >= 0.6 is 11.8 Å². The second-order valence-corrected chi connectivity index (χ2v) is 7.13. The third-order valence-electron chi connectivity index (χ3n) is 4.07. The summed E-state index contributed by atoms with van der Waals surface area (Å²) in [6.07, 6.45) is 0.770. The van der Waals surface area contributed by atoms with Gasteiger partial charge in [-0.3, -0.25) is 9.69 Å². The van der Waals surface area contributed by atoms with Crippen molar-refractivity contribution in [1.82, 2.24) is 0 Å². The molecule has 2 aromatic carbocycles. The lowest BCUT2D eigenvalue weighted by atomic mass is 10.1. The largest absolute Gasteiger partial charge is 0.273 e. The zero-order valence-electron chi connectivity index (χ0n) is 14.6. The predicted octanol–water partition coefficient (Wildman–Crippen LogP) is 4.63. The normalized spacial score (nSPS) is 19.7. The Hall–Kier alpha value is -2.40. The van der Waals surface area contributed by atoms with Crippen molar-refractivity contribution in [2.75, 3.05) is 4.90 Å². The van der Waals surface area contributed by atoms with Crippen molar-refractivity contribution in [1.29, 1.82) is 0 Å². The molecule has 0 bridgehead atoms. The zero-order chi connectivity index (χ0) is 17.8. The summed E-state index contributed by atoms with van der Waals surface area (Å²) in [5.74, 6) is 0.0719. The molecule has 5 heteroatoms. The Morgan fingerprint density at radius 2 is 1.80 bits per heavy atom. The van der Waals surface area contributed by atoms with E-state index in [9.17, 15) is 4.79 Å². The number of hydrogen-bond acceptors (Lipinski definition) is 4. The van der Waals surface area contributed by atoms with Crippen molar-refractivity contribution >= 4 is 34.2 Å². The molecule has 1 fully saturated rings. The van der Waals surface area contributed by atoms with E-state index in [2.05, 4.69) is 10.2 Å². The maximum absolute atomic E-state index is 12.7. The van der Waals surface area contributed by atoms with E-state index in [4.69, 9.17) is 0 Å². The molecule has 1 atom stereocenters. The number of carbonyl (C=O) groups excluding carboxylic acids is 1. The van der Waals surface area contributed by atoms with E-state index in [1.165, 1.54) is 11.8 Å². The number of hydrogen-bond donors (Lipinski definition) is 0. The molecule has 1 heterocycles. The average molecular weight is 351 g/mol. The van der Waals surface area contributed by atoms with Crippen LogP contribution < -0.4 is 4.90 Å². The van der Waals surface area contributed by atoms with Gasteiger partial charge in [-0.25, -0.2) is 0 Å².